The summed E-state index contributed by atoms with van der Waals surface area (Å²) < 4.78 is 28.3. The van der Waals surface area contributed by atoms with Crippen molar-refractivity contribution in [2.24, 2.45) is 0 Å². The minimum absolute atomic E-state index is 0.0542. The second-order valence-corrected chi connectivity index (χ2v) is 12.9. The first-order valence-corrected chi connectivity index (χ1v) is 15.2. The van der Waals surface area contributed by atoms with E-state index in [-0.39, 0.29) is 40.8 Å². The molecule has 2 aromatic carbocycles. The summed E-state index contributed by atoms with van der Waals surface area (Å²) in [6, 6.07) is 4.01. The molecule has 2 aliphatic carbocycles. The predicted molar refractivity (Wildman–Crippen MR) is 156 cm³/mol. The lowest BCUT2D eigenvalue weighted by molar-refractivity contribution is -0.311. The quantitative estimate of drug-likeness (QED) is 0.158. The molecule has 2 saturated heterocycles. The van der Waals surface area contributed by atoms with Crippen LogP contribution in [0.4, 0.5) is 0 Å². The molecule has 12 atom stereocenters. The van der Waals surface area contributed by atoms with Gasteiger partial charge in [-0.05, 0) is 26.8 Å². The van der Waals surface area contributed by atoms with E-state index in [2.05, 4.69) is 0 Å². The fourth-order valence-corrected chi connectivity index (χ4v) is 6.93. The fourth-order valence-electron chi connectivity index (χ4n) is 6.93. The number of hydrogen-bond donors (Lipinski definition) is 8. The number of phenolic OH excluding ortho intramolecular Hbond substituents is 2. The fraction of sp³-hybridized carbons (Fsp3) is 0.562. The molecule has 15 nitrogen and oxygen atoms in total. The lowest BCUT2D eigenvalue weighted by Crippen LogP contribution is -2.58. The van der Waals surface area contributed by atoms with Gasteiger partial charge in [0.1, 0.15) is 53.9 Å². The van der Waals surface area contributed by atoms with Crippen molar-refractivity contribution in [3.05, 3.63) is 51.6 Å². The molecule has 2 heterocycles. The van der Waals surface area contributed by atoms with Crippen LogP contribution in [0.1, 0.15) is 76.3 Å². The summed E-state index contributed by atoms with van der Waals surface area (Å²) in [6.45, 7) is 4.43. The SMILES string of the molecule is CO[C@@H]1[C@@H](O)[C@H](C)O[C@@H](O[C@H]2C[C@](C)(O)Cc3c(O)c4c(c(O)c32)C(=O)c2c(O[C@@H]3O[C@@H](C)[C@H](O)[C@@H](O)[C@H]3O)cccc2C4=O)[C@@H]1O. The third-order valence-corrected chi connectivity index (χ3v) is 9.45. The van der Waals surface area contributed by atoms with Gasteiger partial charge in [-0.25, -0.2) is 0 Å². The molecular formula is C32H38O15. The minimum atomic E-state index is -1.73. The van der Waals surface area contributed by atoms with E-state index in [4.69, 9.17) is 23.7 Å². The molecular weight excluding hydrogens is 624 g/mol. The van der Waals surface area contributed by atoms with Gasteiger partial charge in [0, 0.05) is 36.6 Å². The highest BCUT2D eigenvalue weighted by molar-refractivity contribution is 6.31. The van der Waals surface area contributed by atoms with Crippen LogP contribution in [0.2, 0.25) is 0 Å². The van der Waals surface area contributed by atoms with Crippen molar-refractivity contribution in [1.82, 2.24) is 0 Å². The van der Waals surface area contributed by atoms with Crippen LogP contribution in [-0.4, -0.2) is 127 Å². The summed E-state index contributed by atoms with van der Waals surface area (Å²) in [7, 11) is 1.29. The number of phenols is 2. The van der Waals surface area contributed by atoms with Gasteiger partial charge in [0.05, 0.1) is 40.6 Å². The predicted octanol–water partition coefficient (Wildman–Crippen LogP) is -0.684. The van der Waals surface area contributed by atoms with Gasteiger partial charge in [-0.15, -0.1) is 0 Å². The number of ether oxygens (including phenoxy) is 5. The van der Waals surface area contributed by atoms with E-state index < -0.39 is 107 Å². The zero-order chi connectivity index (χ0) is 34.3. The number of carbonyl (C=O) groups is 2. The Kier molecular flexibility index (Phi) is 8.62. The molecule has 0 radical (unpaired) electrons. The smallest absolute Gasteiger partial charge is 0.229 e. The first kappa shape index (κ1) is 33.7. The summed E-state index contributed by atoms with van der Waals surface area (Å²) in [4.78, 5) is 28.1. The number of aromatic hydroxyl groups is 2. The average Bonchev–Trinajstić information content (AvgIpc) is 3.01. The molecule has 0 aromatic heterocycles. The standard InChI is InChI=1S/C32H38O15/c1-10-20(33)26(39)27(40)30(44-10)46-14-7-5-6-12-16(14)24(37)19-18(22(12)35)23(36)13-8-32(3,42)9-15(17(13)25(19)38)47-31-28(41)29(43-4)21(34)11(2)45-31/h5-7,10-11,15,20-21,26-31,33-34,36,38-42H,8-9H2,1-4H3/t10-,11-,15-,20-,21-,26+,27+,28+,29+,30-,31-,32+/m0/s1. The summed E-state index contributed by atoms with van der Waals surface area (Å²) in [6.07, 6.45) is -15.1. The number of ketones is 2. The Morgan fingerprint density at radius 2 is 1.45 bits per heavy atom. The molecule has 8 N–H and O–H groups in total. The molecule has 4 aliphatic rings. The third-order valence-electron chi connectivity index (χ3n) is 9.45. The van der Waals surface area contributed by atoms with E-state index in [0.717, 1.165) is 0 Å². The summed E-state index contributed by atoms with van der Waals surface area (Å²) in [5, 5.41) is 86.5. The Bertz CT molecular complexity index is 1590. The van der Waals surface area contributed by atoms with Crippen LogP contribution in [-0.2, 0) is 25.4 Å². The van der Waals surface area contributed by atoms with E-state index in [1.807, 2.05) is 0 Å². The van der Waals surface area contributed by atoms with E-state index in [1.165, 1.54) is 46.1 Å². The molecule has 0 saturated carbocycles. The van der Waals surface area contributed by atoms with E-state index in [0.29, 0.717) is 0 Å². The zero-order valence-corrected chi connectivity index (χ0v) is 25.9. The number of aliphatic hydroxyl groups excluding tert-OH is 5. The van der Waals surface area contributed by atoms with Crippen LogP contribution in [0.5, 0.6) is 17.2 Å². The van der Waals surface area contributed by atoms with Crippen LogP contribution in [0.15, 0.2) is 18.2 Å². The topological polar surface area (TPSA) is 242 Å². The normalized spacial score (nSPS) is 38.4. The highest BCUT2D eigenvalue weighted by Crippen LogP contribution is 2.52. The summed E-state index contributed by atoms with van der Waals surface area (Å²) in [5.41, 5.74) is -3.29. The molecule has 2 aromatic rings. The Balaban J connectivity index is 1.42. The van der Waals surface area contributed by atoms with Crippen LogP contribution in [0.25, 0.3) is 0 Å². The third kappa shape index (κ3) is 5.40. The van der Waals surface area contributed by atoms with Gasteiger partial charge in [0.15, 0.2) is 12.1 Å². The number of benzene rings is 2. The monoisotopic (exact) mass is 662 g/mol. The molecule has 0 spiro atoms. The van der Waals surface area contributed by atoms with Crippen molar-refractivity contribution in [2.75, 3.05) is 7.11 Å². The van der Waals surface area contributed by atoms with Gasteiger partial charge in [-0.1, -0.05) is 12.1 Å². The van der Waals surface area contributed by atoms with Gasteiger partial charge >= 0.3 is 0 Å². The van der Waals surface area contributed by atoms with E-state index >= 15 is 0 Å². The highest BCUT2D eigenvalue weighted by Gasteiger charge is 2.50. The molecule has 0 bridgehead atoms. The number of carbonyl (C=O) groups excluding carboxylic acids is 2. The molecule has 256 valence electrons. The van der Waals surface area contributed by atoms with Crippen molar-refractivity contribution < 1.29 is 74.1 Å². The number of rotatable bonds is 5. The Morgan fingerprint density at radius 3 is 2.13 bits per heavy atom. The maximum Gasteiger partial charge on any atom is 0.229 e. The summed E-state index contributed by atoms with van der Waals surface area (Å²) in [5.74, 6) is -3.38. The lowest BCUT2D eigenvalue weighted by atomic mass is 9.73. The molecule has 47 heavy (non-hydrogen) atoms. The molecule has 15 heteroatoms. The molecule has 0 unspecified atom stereocenters. The zero-order valence-electron chi connectivity index (χ0n) is 25.9. The lowest BCUT2D eigenvalue weighted by Gasteiger charge is -2.44. The van der Waals surface area contributed by atoms with Crippen molar-refractivity contribution in [2.45, 2.75) is 107 Å². The Labute approximate surface area is 268 Å². The van der Waals surface area contributed by atoms with Crippen molar-refractivity contribution in [1.29, 1.82) is 0 Å². The number of methoxy groups -OCH3 is 1. The Hall–Kier alpha value is -3.22. The molecule has 2 fully saturated rings. The summed E-state index contributed by atoms with van der Waals surface area (Å²) >= 11 is 0. The molecule has 0 amide bonds. The first-order chi connectivity index (χ1) is 22.1. The van der Waals surface area contributed by atoms with Gasteiger partial charge in [-0.3, -0.25) is 9.59 Å². The maximum atomic E-state index is 14.2. The Morgan fingerprint density at radius 1 is 0.809 bits per heavy atom. The van der Waals surface area contributed by atoms with Crippen LogP contribution in [0.3, 0.4) is 0 Å². The molecule has 2 aliphatic heterocycles. The first-order valence-electron chi connectivity index (χ1n) is 15.2. The molecule has 6 rings (SSSR count). The van der Waals surface area contributed by atoms with Crippen LogP contribution >= 0.6 is 0 Å². The van der Waals surface area contributed by atoms with Gasteiger partial charge in [-0.2, -0.15) is 0 Å². The second-order valence-electron chi connectivity index (χ2n) is 12.9. The van der Waals surface area contributed by atoms with Crippen molar-refractivity contribution in [3.8, 4) is 17.2 Å². The van der Waals surface area contributed by atoms with Gasteiger partial charge in [0.25, 0.3) is 0 Å². The van der Waals surface area contributed by atoms with E-state index in [1.54, 1.807) is 0 Å². The van der Waals surface area contributed by atoms with Crippen molar-refractivity contribution >= 4 is 11.6 Å². The highest BCUT2D eigenvalue weighted by atomic mass is 16.7. The van der Waals surface area contributed by atoms with Crippen molar-refractivity contribution in [3.63, 3.8) is 0 Å². The number of aliphatic hydroxyl groups is 6. The number of hydrogen-bond acceptors (Lipinski definition) is 15. The van der Waals surface area contributed by atoms with Gasteiger partial charge in [0.2, 0.25) is 12.1 Å². The second kappa shape index (κ2) is 12.0. The minimum Gasteiger partial charge on any atom is -0.507 e. The largest absolute Gasteiger partial charge is 0.507 e. The maximum absolute atomic E-state index is 14.2. The van der Waals surface area contributed by atoms with Gasteiger partial charge < -0.3 is 64.5 Å². The van der Waals surface area contributed by atoms with Crippen LogP contribution in [0, 0.1) is 0 Å². The number of fused-ring (bicyclic) bond motifs is 3. The average molecular weight is 663 g/mol. The van der Waals surface area contributed by atoms with E-state index in [9.17, 15) is 50.4 Å². The van der Waals surface area contributed by atoms with Crippen LogP contribution < -0.4 is 4.74 Å².